The van der Waals surface area contributed by atoms with Crippen LogP contribution in [0.3, 0.4) is 0 Å². The summed E-state index contributed by atoms with van der Waals surface area (Å²) in [6, 6.07) is 0. The summed E-state index contributed by atoms with van der Waals surface area (Å²) in [7, 11) is -5.82. The first-order valence-corrected chi connectivity index (χ1v) is 9.44. The number of ether oxygens (including phenoxy) is 1. The number of rotatable bonds is 4. The van der Waals surface area contributed by atoms with Crippen LogP contribution in [0, 0.1) is 28.6 Å². The summed E-state index contributed by atoms with van der Waals surface area (Å²) in [4.78, 5) is 11.8. The van der Waals surface area contributed by atoms with E-state index in [0.717, 1.165) is 19.3 Å². The van der Waals surface area contributed by atoms with Gasteiger partial charge in [-0.25, -0.2) is 4.79 Å². The van der Waals surface area contributed by atoms with Crippen LogP contribution in [0.4, 0.5) is 8.78 Å². The number of halogens is 2. The van der Waals surface area contributed by atoms with Gasteiger partial charge in [-0.05, 0) is 55.3 Å². The number of esters is 1. The summed E-state index contributed by atoms with van der Waals surface area (Å²) < 4.78 is 62.5. The molecule has 1 spiro atoms. The Bertz CT molecular complexity index is 705. The number of carbonyl (C=O) groups is 1. The molecule has 4 aliphatic carbocycles. The van der Waals surface area contributed by atoms with Gasteiger partial charge >= 0.3 is 21.3 Å². The molecule has 0 heterocycles. The quantitative estimate of drug-likeness (QED) is 0.623. The van der Waals surface area contributed by atoms with E-state index in [1.165, 1.54) is 0 Å². The van der Waals surface area contributed by atoms with E-state index in [0.29, 0.717) is 30.6 Å². The minimum Gasteiger partial charge on any atom is -0.453 e. The van der Waals surface area contributed by atoms with E-state index in [2.05, 4.69) is 13.8 Å². The van der Waals surface area contributed by atoms with Crippen LogP contribution in [0.1, 0.15) is 46.0 Å². The van der Waals surface area contributed by atoms with E-state index in [1.807, 2.05) is 0 Å². The lowest BCUT2D eigenvalue weighted by Crippen LogP contribution is -2.78. The SMILES string of the molecule is CC(C)C12CC3CC4(OC(=O)C(F)(F)S(=O)(=O)O)C[C@@H](C1)CC342. The van der Waals surface area contributed by atoms with Crippen LogP contribution in [0.25, 0.3) is 0 Å². The maximum atomic E-state index is 13.6. The summed E-state index contributed by atoms with van der Waals surface area (Å²) in [5, 5.41) is -4.91. The molecule has 4 rings (SSSR count). The van der Waals surface area contributed by atoms with E-state index < -0.39 is 26.9 Å². The third kappa shape index (κ3) is 1.43. The van der Waals surface area contributed by atoms with Gasteiger partial charge in [0.1, 0.15) is 5.60 Å². The maximum Gasteiger partial charge on any atom is 0.465 e. The normalized spacial score (nSPS) is 47.0. The standard InChI is InChI=1S/C15H20F2O5S/c1-8(2)12-3-9-4-13(7-10(6-12)14(12,13)5-9)22-11(18)15(16,17)23(19,20)21/h8-10H,3-7H2,1-2H3,(H,19,20,21)/t9-,10?,12?,13?,14?/m1/s1. The van der Waals surface area contributed by atoms with Gasteiger partial charge in [0.05, 0.1) is 0 Å². The van der Waals surface area contributed by atoms with Gasteiger partial charge in [-0.2, -0.15) is 17.2 Å². The molecule has 4 saturated carbocycles. The zero-order valence-electron chi connectivity index (χ0n) is 13.0. The van der Waals surface area contributed by atoms with Crippen molar-refractivity contribution in [3.8, 4) is 0 Å². The zero-order chi connectivity index (χ0) is 17.1. The lowest BCUT2D eigenvalue weighted by Gasteiger charge is -2.78. The van der Waals surface area contributed by atoms with Crippen LogP contribution in [0.2, 0.25) is 0 Å². The Hall–Kier alpha value is -0.760. The molecule has 130 valence electrons. The van der Waals surface area contributed by atoms with Crippen LogP contribution >= 0.6 is 0 Å². The number of alkyl halides is 2. The molecule has 4 unspecified atom stereocenters. The first-order valence-electron chi connectivity index (χ1n) is 8.00. The highest BCUT2D eigenvalue weighted by molar-refractivity contribution is 7.87. The van der Waals surface area contributed by atoms with Gasteiger partial charge in [0.2, 0.25) is 0 Å². The molecule has 1 N–H and O–H groups in total. The Labute approximate surface area is 133 Å². The highest BCUT2D eigenvalue weighted by Gasteiger charge is 2.88. The fraction of sp³-hybridized carbons (Fsp3) is 0.933. The van der Waals surface area contributed by atoms with Crippen molar-refractivity contribution in [1.29, 1.82) is 0 Å². The molecule has 0 aromatic heterocycles. The molecule has 5 atom stereocenters. The molecule has 8 heteroatoms. The van der Waals surface area contributed by atoms with Crippen molar-refractivity contribution in [3.63, 3.8) is 0 Å². The minimum absolute atomic E-state index is 0.0203. The second kappa shape index (κ2) is 3.90. The summed E-state index contributed by atoms with van der Waals surface area (Å²) in [5.74, 6) is -1.05. The Morgan fingerprint density at radius 3 is 2.39 bits per heavy atom. The van der Waals surface area contributed by atoms with Crippen molar-refractivity contribution in [2.45, 2.75) is 56.8 Å². The topological polar surface area (TPSA) is 80.7 Å². The molecule has 0 aromatic rings. The molecule has 0 amide bonds. The predicted molar refractivity (Wildman–Crippen MR) is 75.1 cm³/mol. The minimum atomic E-state index is -5.82. The smallest absolute Gasteiger partial charge is 0.453 e. The largest absolute Gasteiger partial charge is 0.465 e. The van der Waals surface area contributed by atoms with Crippen LogP contribution < -0.4 is 0 Å². The van der Waals surface area contributed by atoms with Crippen LogP contribution in [0.15, 0.2) is 0 Å². The third-order valence-corrected chi connectivity index (χ3v) is 8.24. The number of carbonyl (C=O) groups excluding carboxylic acids is 1. The van der Waals surface area contributed by atoms with Crippen molar-refractivity contribution in [2.24, 2.45) is 28.6 Å². The molecule has 0 saturated heterocycles. The lowest BCUT2D eigenvalue weighted by atomic mass is 9.28. The van der Waals surface area contributed by atoms with Crippen molar-refractivity contribution in [3.05, 3.63) is 0 Å². The Balaban J connectivity index is 1.66. The number of hydrogen-bond acceptors (Lipinski definition) is 4. The number of hydrogen-bond donors (Lipinski definition) is 1. The second-order valence-electron chi connectivity index (χ2n) is 8.24. The third-order valence-electron chi connectivity index (χ3n) is 7.42. The summed E-state index contributed by atoms with van der Waals surface area (Å²) in [6.45, 7) is 4.23. The Morgan fingerprint density at radius 1 is 1.22 bits per heavy atom. The van der Waals surface area contributed by atoms with Gasteiger partial charge in [-0.15, -0.1) is 0 Å². The van der Waals surface area contributed by atoms with E-state index in [-0.39, 0.29) is 10.8 Å². The molecular weight excluding hydrogens is 330 g/mol. The lowest BCUT2D eigenvalue weighted by molar-refractivity contribution is -0.346. The second-order valence-corrected chi connectivity index (χ2v) is 9.70. The first kappa shape index (κ1) is 15.7. The first-order chi connectivity index (χ1) is 10.4. The summed E-state index contributed by atoms with van der Waals surface area (Å²) in [6.07, 6.45) is 4.02. The van der Waals surface area contributed by atoms with E-state index in [4.69, 9.17) is 9.29 Å². The maximum absolute atomic E-state index is 13.6. The van der Waals surface area contributed by atoms with Crippen molar-refractivity contribution in [2.75, 3.05) is 0 Å². The van der Waals surface area contributed by atoms with Crippen molar-refractivity contribution in [1.82, 2.24) is 0 Å². The highest BCUT2D eigenvalue weighted by Crippen LogP contribution is 2.90. The molecule has 4 aliphatic rings. The van der Waals surface area contributed by atoms with E-state index in [9.17, 15) is 22.0 Å². The number of fused-ring (bicyclic) bond motifs is 1. The summed E-state index contributed by atoms with van der Waals surface area (Å²) in [5.41, 5.74) is -1.20. The molecular formula is C15H20F2O5S. The highest BCUT2D eigenvalue weighted by atomic mass is 32.2. The molecule has 5 nitrogen and oxygen atoms in total. The molecule has 0 aromatic carbocycles. The average Bonchev–Trinajstić information content (AvgIpc) is 2.83. The van der Waals surface area contributed by atoms with Crippen molar-refractivity contribution >= 4 is 16.1 Å². The molecule has 0 radical (unpaired) electrons. The van der Waals surface area contributed by atoms with Gasteiger partial charge in [-0.1, -0.05) is 13.8 Å². The van der Waals surface area contributed by atoms with Gasteiger partial charge in [0, 0.05) is 5.41 Å². The van der Waals surface area contributed by atoms with Gasteiger partial charge in [-0.3, -0.25) is 4.55 Å². The Morgan fingerprint density at radius 2 is 1.87 bits per heavy atom. The molecule has 0 aliphatic heterocycles. The molecule has 4 fully saturated rings. The molecule has 2 bridgehead atoms. The zero-order valence-corrected chi connectivity index (χ0v) is 13.8. The van der Waals surface area contributed by atoms with Gasteiger partial charge in [0.25, 0.3) is 0 Å². The van der Waals surface area contributed by atoms with Gasteiger partial charge < -0.3 is 4.74 Å². The van der Waals surface area contributed by atoms with E-state index in [1.54, 1.807) is 0 Å². The fourth-order valence-electron chi connectivity index (χ4n) is 6.84. The monoisotopic (exact) mass is 350 g/mol. The van der Waals surface area contributed by atoms with Gasteiger partial charge in [0.15, 0.2) is 0 Å². The average molecular weight is 350 g/mol. The van der Waals surface area contributed by atoms with Crippen LogP contribution in [-0.4, -0.2) is 29.8 Å². The van der Waals surface area contributed by atoms with Crippen molar-refractivity contribution < 1.29 is 31.3 Å². The van der Waals surface area contributed by atoms with Crippen LogP contribution in [-0.2, 0) is 19.6 Å². The summed E-state index contributed by atoms with van der Waals surface area (Å²) >= 11 is 0. The molecule has 23 heavy (non-hydrogen) atoms. The van der Waals surface area contributed by atoms with Crippen LogP contribution in [0.5, 0.6) is 0 Å². The van der Waals surface area contributed by atoms with E-state index >= 15 is 0 Å². The fourth-order valence-corrected chi connectivity index (χ4v) is 7.09. The predicted octanol–water partition coefficient (Wildman–Crippen LogP) is 2.62. The Kier molecular flexibility index (Phi) is 2.67.